The molecule has 0 aliphatic carbocycles. The predicted molar refractivity (Wildman–Crippen MR) is 88.9 cm³/mol. The van der Waals surface area contributed by atoms with Crippen molar-refractivity contribution in [2.45, 2.75) is 19.4 Å². The molecule has 3 nitrogen and oxygen atoms in total. The molecule has 1 amide bonds. The number of amides is 1. The SMILES string of the molecule is CC[C@H](Oc1ccc(F)cc1)C(=O)Nc1ccc(Br)c(Cl)c1. The summed E-state index contributed by atoms with van der Waals surface area (Å²) in [6, 6.07) is 10.7. The lowest BCUT2D eigenvalue weighted by Crippen LogP contribution is -2.32. The molecule has 0 bridgehead atoms. The lowest BCUT2D eigenvalue weighted by atomic mass is 10.2. The Labute approximate surface area is 141 Å². The highest BCUT2D eigenvalue weighted by Crippen LogP contribution is 2.25. The second kappa shape index (κ2) is 7.61. The first kappa shape index (κ1) is 16.8. The Morgan fingerprint density at radius 3 is 2.59 bits per heavy atom. The zero-order valence-electron chi connectivity index (χ0n) is 11.8. The summed E-state index contributed by atoms with van der Waals surface area (Å²) >= 11 is 9.28. The molecule has 2 aromatic rings. The Bertz CT molecular complexity index is 664. The number of hydrogen-bond donors (Lipinski definition) is 1. The first-order valence-electron chi connectivity index (χ1n) is 6.67. The molecule has 0 aliphatic rings. The summed E-state index contributed by atoms with van der Waals surface area (Å²) in [5.41, 5.74) is 0.583. The van der Waals surface area contributed by atoms with E-state index in [1.807, 2.05) is 6.92 Å². The second-order valence-electron chi connectivity index (χ2n) is 4.59. The van der Waals surface area contributed by atoms with E-state index in [1.54, 1.807) is 18.2 Å². The van der Waals surface area contributed by atoms with Crippen molar-refractivity contribution in [2.75, 3.05) is 5.32 Å². The number of carbonyl (C=O) groups excluding carboxylic acids is 1. The van der Waals surface area contributed by atoms with Crippen LogP contribution in [0.25, 0.3) is 0 Å². The second-order valence-corrected chi connectivity index (χ2v) is 5.85. The molecule has 6 heteroatoms. The van der Waals surface area contributed by atoms with Gasteiger partial charge in [0, 0.05) is 10.2 Å². The van der Waals surface area contributed by atoms with E-state index in [0.717, 1.165) is 4.47 Å². The molecule has 0 fully saturated rings. The van der Waals surface area contributed by atoms with Crippen molar-refractivity contribution in [3.63, 3.8) is 0 Å². The third-order valence-electron chi connectivity index (χ3n) is 2.94. The Kier molecular flexibility index (Phi) is 5.80. The highest BCUT2D eigenvalue weighted by Gasteiger charge is 2.18. The van der Waals surface area contributed by atoms with Crippen molar-refractivity contribution < 1.29 is 13.9 Å². The summed E-state index contributed by atoms with van der Waals surface area (Å²) < 4.78 is 19.2. The van der Waals surface area contributed by atoms with Gasteiger partial charge in [-0.05, 0) is 64.8 Å². The highest BCUT2D eigenvalue weighted by molar-refractivity contribution is 9.10. The number of rotatable bonds is 5. The van der Waals surface area contributed by atoms with Gasteiger partial charge in [-0.1, -0.05) is 18.5 Å². The first-order valence-corrected chi connectivity index (χ1v) is 7.85. The lowest BCUT2D eigenvalue weighted by molar-refractivity contribution is -0.122. The van der Waals surface area contributed by atoms with E-state index in [1.165, 1.54) is 24.3 Å². The van der Waals surface area contributed by atoms with Crippen molar-refractivity contribution in [2.24, 2.45) is 0 Å². The van der Waals surface area contributed by atoms with Crippen molar-refractivity contribution in [1.29, 1.82) is 0 Å². The quantitative estimate of drug-likeness (QED) is 0.782. The van der Waals surface area contributed by atoms with Gasteiger partial charge in [-0.3, -0.25) is 4.79 Å². The van der Waals surface area contributed by atoms with E-state index >= 15 is 0 Å². The van der Waals surface area contributed by atoms with Gasteiger partial charge in [0.15, 0.2) is 6.10 Å². The average Bonchev–Trinajstić information content (AvgIpc) is 2.50. The van der Waals surface area contributed by atoms with Crippen LogP contribution in [-0.2, 0) is 4.79 Å². The maximum Gasteiger partial charge on any atom is 0.265 e. The smallest absolute Gasteiger partial charge is 0.265 e. The van der Waals surface area contributed by atoms with Crippen LogP contribution in [-0.4, -0.2) is 12.0 Å². The maximum absolute atomic E-state index is 12.9. The number of nitrogens with one attached hydrogen (secondary N) is 1. The summed E-state index contributed by atoms with van der Waals surface area (Å²) in [4.78, 5) is 12.2. The summed E-state index contributed by atoms with van der Waals surface area (Å²) in [6.45, 7) is 1.84. The minimum atomic E-state index is -0.673. The summed E-state index contributed by atoms with van der Waals surface area (Å²) in [5.74, 6) is -0.197. The third kappa shape index (κ3) is 4.45. The van der Waals surface area contributed by atoms with Gasteiger partial charge in [0.2, 0.25) is 0 Å². The van der Waals surface area contributed by atoms with E-state index in [4.69, 9.17) is 16.3 Å². The Morgan fingerprint density at radius 2 is 2.00 bits per heavy atom. The molecule has 1 N–H and O–H groups in total. The molecule has 0 radical (unpaired) electrons. The molecule has 22 heavy (non-hydrogen) atoms. The molecule has 1 atom stereocenters. The molecule has 0 aliphatic heterocycles. The minimum absolute atomic E-state index is 0.287. The van der Waals surface area contributed by atoms with Crippen LogP contribution in [0.5, 0.6) is 5.75 Å². The number of ether oxygens (including phenoxy) is 1. The fourth-order valence-electron chi connectivity index (χ4n) is 1.80. The average molecular weight is 387 g/mol. The molecule has 0 saturated carbocycles. The van der Waals surface area contributed by atoms with Crippen molar-refractivity contribution >= 4 is 39.1 Å². The Balaban J connectivity index is 2.04. The zero-order chi connectivity index (χ0) is 16.1. The number of carbonyl (C=O) groups is 1. The third-order valence-corrected chi connectivity index (χ3v) is 4.17. The standard InChI is InChI=1S/C16H14BrClFNO2/c1-2-15(22-12-6-3-10(19)4-7-12)16(21)20-11-5-8-13(17)14(18)9-11/h3-9,15H,2H2,1H3,(H,20,21)/t15-/m0/s1. The maximum atomic E-state index is 12.9. The predicted octanol–water partition coefficient (Wildman–Crippen LogP) is 5.04. The molecular weight excluding hydrogens is 373 g/mol. The van der Waals surface area contributed by atoms with E-state index in [2.05, 4.69) is 21.2 Å². The van der Waals surface area contributed by atoms with Crippen LogP contribution in [0.3, 0.4) is 0 Å². The highest BCUT2D eigenvalue weighted by atomic mass is 79.9. The number of hydrogen-bond acceptors (Lipinski definition) is 2. The van der Waals surface area contributed by atoms with Crippen LogP contribution in [0, 0.1) is 5.82 Å². The van der Waals surface area contributed by atoms with Crippen LogP contribution >= 0.6 is 27.5 Å². The largest absolute Gasteiger partial charge is 0.481 e. The topological polar surface area (TPSA) is 38.3 Å². The van der Waals surface area contributed by atoms with Crippen LogP contribution in [0.4, 0.5) is 10.1 Å². The minimum Gasteiger partial charge on any atom is -0.481 e. The van der Waals surface area contributed by atoms with E-state index < -0.39 is 6.10 Å². The summed E-state index contributed by atoms with van der Waals surface area (Å²) in [7, 11) is 0. The summed E-state index contributed by atoms with van der Waals surface area (Å²) in [6.07, 6.45) is -0.194. The molecular formula is C16H14BrClFNO2. The number of anilines is 1. The molecule has 0 spiro atoms. The van der Waals surface area contributed by atoms with Crippen LogP contribution in [0.15, 0.2) is 46.9 Å². The fraction of sp³-hybridized carbons (Fsp3) is 0.188. The number of halogens is 3. The van der Waals surface area contributed by atoms with Gasteiger partial charge in [0.25, 0.3) is 5.91 Å². The monoisotopic (exact) mass is 385 g/mol. The van der Waals surface area contributed by atoms with E-state index in [9.17, 15) is 9.18 Å². The molecule has 2 rings (SSSR count). The van der Waals surface area contributed by atoms with Gasteiger partial charge in [-0.2, -0.15) is 0 Å². The lowest BCUT2D eigenvalue weighted by Gasteiger charge is -2.17. The normalized spacial score (nSPS) is 11.8. The van der Waals surface area contributed by atoms with Gasteiger partial charge >= 0.3 is 0 Å². The zero-order valence-corrected chi connectivity index (χ0v) is 14.1. The van der Waals surface area contributed by atoms with Crippen LogP contribution in [0.2, 0.25) is 5.02 Å². The first-order chi connectivity index (χ1) is 10.5. The van der Waals surface area contributed by atoms with Gasteiger partial charge in [0.1, 0.15) is 11.6 Å². The van der Waals surface area contributed by atoms with Gasteiger partial charge in [0.05, 0.1) is 5.02 Å². The Hall–Kier alpha value is -1.59. The number of benzene rings is 2. The molecule has 0 heterocycles. The van der Waals surface area contributed by atoms with E-state index in [0.29, 0.717) is 22.9 Å². The van der Waals surface area contributed by atoms with Gasteiger partial charge in [-0.15, -0.1) is 0 Å². The van der Waals surface area contributed by atoms with Crippen molar-refractivity contribution in [1.82, 2.24) is 0 Å². The molecule has 0 saturated heterocycles. The molecule has 0 unspecified atom stereocenters. The van der Waals surface area contributed by atoms with Crippen LogP contribution in [0.1, 0.15) is 13.3 Å². The van der Waals surface area contributed by atoms with Crippen LogP contribution < -0.4 is 10.1 Å². The van der Waals surface area contributed by atoms with Crippen molar-refractivity contribution in [3.8, 4) is 5.75 Å². The Morgan fingerprint density at radius 1 is 1.32 bits per heavy atom. The van der Waals surface area contributed by atoms with Gasteiger partial charge in [-0.25, -0.2) is 4.39 Å². The van der Waals surface area contributed by atoms with E-state index in [-0.39, 0.29) is 11.7 Å². The molecule has 116 valence electrons. The van der Waals surface area contributed by atoms with Gasteiger partial charge < -0.3 is 10.1 Å². The molecule has 2 aromatic carbocycles. The summed E-state index contributed by atoms with van der Waals surface area (Å²) in [5, 5.41) is 3.25. The fourth-order valence-corrected chi connectivity index (χ4v) is 2.22. The van der Waals surface area contributed by atoms with Crippen molar-refractivity contribution in [3.05, 3.63) is 57.8 Å². The molecule has 0 aromatic heterocycles.